The monoisotopic (exact) mass is 263 g/mol. The van der Waals surface area contributed by atoms with Crippen molar-refractivity contribution in [1.82, 2.24) is 5.32 Å². The zero-order chi connectivity index (χ0) is 13.9. The summed E-state index contributed by atoms with van der Waals surface area (Å²) in [6.07, 6.45) is 2.36. The van der Waals surface area contributed by atoms with Gasteiger partial charge in [-0.25, -0.2) is 0 Å². The van der Waals surface area contributed by atoms with Crippen molar-refractivity contribution in [3.05, 3.63) is 29.8 Å². The Morgan fingerprint density at radius 3 is 2.42 bits per heavy atom. The van der Waals surface area contributed by atoms with Crippen LogP contribution >= 0.6 is 0 Å². The van der Waals surface area contributed by atoms with Crippen molar-refractivity contribution in [2.75, 3.05) is 13.2 Å². The lowest BCUT2D eigenvalue weighted by Gasteiger charge is -2.35. The standard InChI is InChI=1S/C16H25NO2/c1-12(2)17-16(10-18,14-6-7-14)11-19-15-8-4-13(3)5-9-15/h4-5,8-9,12,14,17-18H,6-7,10-11H2,1-3H3. The predicted octanol–water partition coefficient (Wildman–Crippen LogP) is 2.51. The molecule has 2 N–H and O–H groups in total. The molecule has 1 aromatic rings. The van der Waals surface area contributed by atoms with E-state index in [1.165, 1.54) is 18.4 Å². The van der Waals surface area contributed by atoms with Gasteiger partial charge in [0.15, 0.2) is 0 Å². The lowest BCUT2D eigenvalue weighted by Crippen LogP contribution is -2.57. The summed E-state index contributed by atoms with van der Waals surface area (Å²) in [6.45, 7) is 6.93. The molecule has 3 nitrogen and oxygen atoms in total. The summed E-state index contributed by atoms with van der Waals surface area (Å²) in [6, 6.07) is 8.40. The summed E-state index contributed by atoms with van der Waals surface area (Å²) in [5.74, 6) is 1.40. The van der Waals surface area contributed by atoms with Gasteiger partial charge in [0.1, 0.15) is 12.4 Å². The third kappa shape index (κ3) is 3.71. The van der Waals surface area contributed by atoms with Crippen LogP contribution in [0.25, 0.3) is 0 Å². The summed E-state index contributed by atoms with van der Waals surface area (Å²) in [4.78, 5) is 0. The van der Waals surface area contributed by atoms with Gasteiger partial charge in [0.05, 0.1) is 12.1 Å². The molecule has 1 aromatic carbocycles. The average Bonchev–Trinajstić information content (AvgIpc) is 3.20. The number of ether oxygens (including phenoxy) is 1. The molecule has 0 spiro atoms. The number of rotatable bonds is 7. The van der Waals surface area contributed by atoms with E-state index in [1.807, 2.05) is 24.3 Å². The van der Waals surface area contributed by atoms with Gasteiger partial charge in [-0.1, -0.05) is 31.5 Å². The topological polar surface area (TPSA) is 41.5 Å². The van der Waals surface area contributed by atoms with Crippen LogP contribution < -0.4 is 10.1 Å². The van der Waals surface area contributed by atoms with Gasteiger partial charge in [0.25, 0.3) is 0 Å². The second-order valence-electron chi connectivity index (χ2n) is 5.99. The number of nitrogens with one attached hydrogen (secondary N) is 1. The maximum atomic E-state index is 9.82. The molecule has 3 heteroatoms. The number of aliphatic hydroxyl groups excluding tert-OH is 1. The predicted molar refractivity (Wildman–Crippen MR) is 77.5 cm³/mol. The average molecular weight is 263 g/mol. The van der Waals surface area contributed by atoms with Gasteiger partial charge in [-0.15, -0.1) is 0 Å². The first kappa shape index (κ1) is 14.4. The molecular weight excluding hydrogens is 238 g/mol. The van der Waals surface area contributed by atoms with Gasteiger partial charge in [-0.2, -0.15) is 0 Å². The molecule has 0 radical (unpaired) electrons. The molecule has 19 heavy (non-hydrogen) atoms. The minimum Gasteiger partial charge on any atom is -0.492 e. The van der Waals surface area contributed by atoms with Crippen molar-refractivity contribution in [2.24, 2.45) is 5.92 Å². The highest BCUT2D eigenvalue weighted by atomic mass is 16.5. The Bertz CT molecular complexity index is 398. The largest absolute Gasteiger partial charge is 0.492 e. The van der Waals surface area contributed by atoms with Crippen molar-refractivity contribution >= 4 is 0 Å². The molecule has 2 rings (SSSR count). The molecule has 0 aliphatic heterocycles. The highest BCUT2D eigenvalue weighted by molar-refractivity contribution is 5.26. The third-order valence-corrected chi connectivity index (χ3v) is 3.73. The van der Waals surface area contributed by atoms with Crippen molar-refractivity contribution in [1.29, 1.82) is 0 Å². The van der Waals surface area contributed by atoms with Crippen LogP contribution in [0.2, 0.25) is 0 Å². The fraction of sp³-hybridized carbons (Fsp3) is 0.625. The van der Waals surface area contributed by atoms with E-state index in [4.69, 9.17) is 4.74 Å². The van der Waals surface area contributed by atoms with E-state index < -0.39 is 0 Å². The normalized spacial score (nSPS) is 18.4. The van der Waals surface area contributed by atoms with Crippen LogP contribution in [0.5, 0.6) is 5.75 Å². The van der Waals surface area contributed by atoms with E-state index >= 15 is 0 Å². The van der Waals surface area contributed by atoms with E-state index in [0.717, 1.165) is 5.75 Å². The molecule has 1 fully saturated rings. The van der Waals surface area contributed by atoms with Crippen LogP contribution in [0, 0.1) is 12.8 Å². The zero-order valence-electron chi connectivity index (χ0n) is 12.1. The van der Waals surface area contributed by atoms with Crippen LogP contribution in [0.4, 0.5) is 0 Å². The fourth-order valence-electron chi connectivity index (χ4n) is 2.56. The minimum absolute atomic E-state index is 0.127. The van der Waals surface area contributed by atoms with E-state index in [2.05, 4.69) is 26.1 Å². The van der Waals surface area contributed by atoms with Crippen molar-refractivity contribution < 1.29 is 9.84 Å². The van der Waals surface area contributed by atoms with Gasteiger partial charge in [-0.05, 0) is 37.8 Å². The molecule has 1 saturated carbocycles. The lowest BCUT2D eigenvalue weighted by atomic mass is 9.94. The molecule has 0 amide bonds. The van der Waals surface area contributed by atoms with E-state index in [-0.39, 0.29) is 12.1 Å². The van der Waals surface area contributed by atoms with Gasteiger partial charge < -0.3 is 15.2 Å². The first-order chi connectivity index (χ1) is 9.05. The number of aliphatic hydroxyl groups is 1. The van der Waals surface area contributed by atoms with Crippen molar-refractivity contribution in [3.8, 4) is 5.75 Å². The maximum Gasteiger partial charge on any atom is 0.119 e. The van der Waals surface area contributed by atoms with Crippen LogP contribution in [0.1, 0.15) is 32.3 Å². The Morgan fingerprint density at radius 1 is 1.32 bits per heavy atom. The molecule has 0 saturated heterocycles. The smallest absolute Gasteiger partial charge is 0.119 e. The first-order valence-electron chi connectivity index (χ1n) is 7.14. The SMILES string of the molecule is Cc1ccc(OCC(CO)(NC(C)C)C2CC2)cc1. The molecule has 106 valence electrons. The first-order valence-corrected chi connectivity index (χ1v) is 7.14. The quantitative estimate of drug-likeness (QED) is 0.794. The Morgan fingerprint density at radius 2 is 1.95 bits per heavy atom. The van der Waals surface area contributed by atoms with Crippen molar-refractivity contribution in [2.45, 2.75) is 45.2 Å². The molecule has 0 heterocycles. The molecule has 1 atom stereocenters. The highest BCUT2D eigenvalue weighted by Crippen LogP contribution is 2.40. The van der Waals surface area contributed by atoms with Gasteiger partial charge in [0, 0.05) is 6.04 Å². The fourth-order valence-corrected chi connectivity index (χ4v) is 2.56. The summed E-state index contributed by atoms with van der Waals surface area (Å²) >= 11 is 0. The summed E-state index contributed by atoms with van der Waals surface area (Å²) in [5.41, 5.74) is 0.933. The molecule has 1 aliphatic rings. The Labute approximate surface area is 116 Å². The van der Waals surface area contributed by atoms with Gasteiger partial charge >= 0.3 is 0 Å². The Balaban J connectivity index is 2.01. The molecule has 1 unspecified atom stereocenters. The maximum absolute atomic E-state index is 9.82. The van der Waals surface area contributed by atoms with Crippen LogP contribution in [0.3, 0.4) is 0 Å². The van der Waals surface area contributed by atoms with Crippen LogP contribution in [-0.2, 0) is 0 Å². The van der Waals surface area contributed by atoms with Crippen LogP contribution in [0.15, 0.2) is 24.3 Å². The summed E-state index contributed by atoms with van der Waals surface area (Å²) < 4.78 is 5.90. The Hall–Kier alpha value is -1.06. The van der Waals surface area contributed by atoms with Crippen molar-refractivity contribution in [3.63, 3.8) is 0 Å². The Kier molecular flexibility index (Phi) is 4.48. The molecular formula is C16H25NO2. The van der Waals surface area contributed by atoms with Crippen LogP contribution in [-0.4, -0.2) is 29.9 Å². The molecule has 0 aromatic heterocycles. The third-order valence-electron chi connectivity index (χ3n) is 3.73. The number of aryl methyl sites for hydroxylation is 1. The molecule has 0 bridgehead atoms. The lowest BCUT2D eigenvalue weighted by molar-refractivity contribution is 0.0778. The number of hydrogen-bond donors (Lipinski definition) is 2. The minimum atomic E-state index is -0.293. The van der Waals surface area contributed by atoms with E-state index in [0.29, 0.717) is 18.6 Å². The second-order valence-corrected chi connectivity index (χ2v) is 5.99. The number of benzene rings is 1. The summed E-state index contributed by atoms with van der Waals surface area (Å²) in [7, 11) is 0. The van der Waals surface area contributed by atoms with E-state index in [9.17, 15) is 5.11 Å². The number of hydrogen-bond acceptors (Lipinski definition) is 3. The molecule has 1 aliphatic carbocycles. The summed E-state index contributed by atoms with van der Waals surface area (Å²) in [5, 5.41) is 13.3. The van der Waals surface area contributed by atoms with Gasteiger partial charge in [0.2, 0.25) is 0 Å². The highest BCUT2D eigenvalue weighted by Gasteiger charge is 2.45. The van der Waals surface area contributed by atoms with E-state index in [1.54, 1.807) is 0 Å². The zero-order valence-corrected chi connectivity index (χ0v) is 12.1. The van der Waals surface area contributed by atoms with Gasteiger partial charge in [-0.3, -0.25) is 0 Å². The second kappa shape index (κ2) is 5.93.